The number of aliphatic hydroxyl groups is 1. The third-order valence-electron chi connectivity index (χ3n) is 2.42. The molecule has 3 nitrogen and oxygen atoms in total. The topological polar surface area (TPSA) is 49.7 Å². The van der Waals surface area contributed by atoms with E-state index in [0.717, 1.165) is 0 Å². The normalized spacial score (nSPS) is 12.6. The Morgan fingerprint density at radius 1 is 1.53 bits per heavy atom. The van der Waals surface area contributed by atoms with E-state index in [1.165, 1.54) is 7.11 Å². The molecule has 1 rings (SSSR count). The Balaban J connectivity index is 3.33. The van der Waals surface area contributed by atoms with Crippen LogP contribution in [0.3, 0.4) is 0 Å². The molecule has 1 unspecified atom stereocenters. The molecule has 4 heteroatoms. The molecule has 0 saturated carbocycles. The minimum absolute atomic E-state index is 0.140. The molecule has 0 heterocycles. The lowest BCUT2D eigenvalue weighted by Gasteiger charge is -2.15. The van der Waals surface area contributed by atoms with E-state index in [0.29, 0.717) is 11.1 Å². The summed E-state index contributed by atoms with van der Waals surface area (Å²) in [4.78, 5) is 0. The van der Waals surface area contributed by atoms with Gasteiger partial charge in [-0.3, -0.25) is 0 Å². The van der Waals surface area contributed by atoms with Crippen LogP contribution in [0.1, 0.15) is 24.0 Å². The lowest BCUT2D eigenvalue weighted by Crippen LogP contribution is -2.04. The van der Waals surface area contributed by atoms with Crippen molar-refractivity contribution in [1.82, 2.24) is 0 Å². The van der Waals surface area contributed by atoms with Crippen LogP contribution in [0.4, 0.5) is 4.39 Å². The van der Waals surface area contributed by atoms with Gasteiger partial charge in [0.25, 0.3) is 0 Å². The van der Waals surface area contributed by atoms with Crippen LogP contribution in [0.2, 0.25) is 0 Å². The fraction of sp³-hybridized carbons (Fsp3) is 0.455. The Bertz CT molecular complexity index is 363. The number of aryl methyl sites for hydroxylation is 1. The minimum Gasteiger partial charge on any atom is -0.502 e. The maximum Gasteiger partial charge on any atom is 0.194 e. The van der Waals surface area contributed by atoms with E-state index < -0.39 is 11.6 Å². The highest BCUT2D eigenvalue weighted by Gasteiger charge is 2.19. The van der Waals surface area contributed by atoms with E-state index in [2.05, 4.69) is 0 Å². The molecule has 0 aromatic heterocycles. The number of phenolic OH excluding ortho intramolecular Hbond substituents is 1. The van der Waals surface area contributed by atoms with Crippen LogP contribution in [0.15, 0.2) is 6.07 Å². The third-order valence-corrected chi connectivity index (χ3v) is 2.42. The Kier molecular flexibility index (Phi) is 3.52. The number of hydrogen-bond donors (Lipinski definition) is 2. The number of ether oxygens (including phenoxy) is 1. The third kappa shape index (κ3) is 2.04. The highest BCUT2D eigenvalue weighted by atomic mass is 19.1. The van der Waals surface area contributed by atoms with E-state index in [-0.39, 0.29) is 18.3 Å². The smallest absolute Gasteiger partial charge is 0.194 e. The zero-order valence-corrected chi connectivity index (χ0v) is 9.04. The van der Waals surface area contributed by atoms with Gasteiger partial charge in [-0.25, -0.2) is 4.39 Å². The molecule has 0 aliphatic carbocycles. The number of phenols is 1. The van der Waals surface area contributed by atoms with Crippen LogP contribution >= 0.6 is 0 Å². The molecule has 15 heavy (non-hydrogen) atoms. The van der Waals surface area contributed by atoms with Gasteiger partial charge in [0.15, 0.2) is 17.3 Å². The molecule has 0 radical (unpaired) electrons. The van der Waals surface area contributed by atoms with Crippen LogP contribution in [-0.2, 0) is 0 Å². The predicted octanol–water partition coefficient (Wildman–Crippen LogP) is 1.94. The predicted molar refractivity (Wildman–Crippen MR) is 54.9 cm³/mol. The second kappa shape index (κ2) is 4.49. The first-order valence-corrected chi connectivity index (χ1v) is 4.69. The molecule has 1 atom stereocenters. The van der Waals surface area contributed by atoms with Crippen LogP contribution in [0.5, 0.6) is 11.5 Å². The lowest BCUT2D eigenvalue weighted by atomic mass is 9.98. The van der Waals surface area contributed by atoms with E-state index in [1.807, 2.05) is 0 Å². The van der Waals surface area contributed by atoms with Crippen molar-refractivity contribution in [3.8, 4) is 11.5 Å². The zero-order chi connectivity index (χ0) is 11.6. The first-order chi connectivity index (χ1) is 7.02. The van der Waals surface area contributed by atoms with Crippen molar-refractivity contribution >= 4 is 0 Å². The first kappa shape index (κ1) is 11.8. The van der Waals surface area contributed by atoms with Gasteiger partial charge in [-0.15, -0.1) is 0 Å². The summed E-state index contributed by atoms with van der Waals surface area (Å²) in [7, 11) is 1.37. The molecule has 0 amide bonds. The summed E-state index contributed by atoms with van der Waals surface area (Å²) in [5.41, 5.74) is 0.944. The zero-order valence-electron chi connectivity index (χ0n) is 9.04. The number of methoxy groups -OCH3 is 1. The number of hydrogen-bond acceptors (Lipinski definition) is 3. The van der Waals surface area contributed by atoms with Crippen molar-refractivity contribution in [2.24, 2.45) is 0 Å². The summed E-state index contributed by atoms with van der Waals surface area (Å²) >= 11 is 0. The van der Waals surface area contributed by atoms with Gasteiger partial charge in [0.2, 0.25) is 0 Å². The summed E-state index contributed by atoms with van der Waals surface area (Å²) < 4.78 is 18.5. The van der Waals surface area contributed by atoms with E-state index in [1.54, 1.807) is 19.9 Å². The van der Waals surface area contributed by atoms with Crippen molar-refractivity contribution in [3.63, 3.8) is 0 Å². The molecule has 0 spiro atoms. The highest BCUT2D eigenvalue weighted by molar-refractivity contribution is 5.50. The van der Waals surface area contributed by atoms with Crippen LogP contribution in [0, 0.1) is 12.7 Å². The molecule has 0 aliphatic heterocycles. The van der Waals surface area contributed by atoms with Gasteiger partial charge in [-0.1, -0.05) is 6.92 Å². The minimum atomic E-state index is -0.723. The molecule has 0 fully saturated rings. The van der Waals surface area contributed by atoms with Gasteiger partial charge in [0.05, 0.1) is 7.11 Å². The molecule has 1 aromatic rings. The highest BCUT2D eigenvalue weighted by Crippen LogP contribution is 2.36. The van der Waals surface area contributed by atoms with Gasteiger partial charge >= 0.3 is 0 Å². The molecule has 0 saturated heterocycles. The Morgan fingerprint density at radius 2 is 2.13 bits per heavy atom. The number of aromatic hydroxyl groups is 1. The standard InChI is InChI=1S/C11H15FO3/c1-6-4-8(7(2)5-13)9(12)10(14)11(6)15-3/h4,7,13-14H,5H2,1-3H3. The van der Waals surface area contributed by atoms with Crippen molar-refractivity contribution in [2.75, 3.05) is 13.7 Å². The van der Waals surface area contributed by atoms with Crippen molar-refractivity contribution < 1.29 is 19.3 Å². The average molecular weight is 214 g/mol. The largest absolute Gasteiger partial charge is 0.502 e. The fourth-order valence-corrected chi connectivity index (χ4v) is 1.50. The molecule has 84 valence electrons. The molecule has 0 aliphatic rings. The maximum atomic E-state index is 13.6. The van der Waals surface area contributed by atoms with Crippen LogP contribution < -0.4 is 4.74 Å². The van der Waals surface area contributed by atoms with Crippen LogP contribution in [-0.4, -0.2) is 23.9 Å². The Morgan fingerprint density at radius 3 is 2.60 bits per heavy atom. The molecular weight excluding hydrogens is 199 g/mol. The maximum absolute atomic E-state index is 13.6. The summed E-state index contributed by atoms with van der Waals surface area (Å²) in [6.45, 7) is 3.23. The summed E-state index contributed by atoms with van der Waals surface area (Å²) in [6, 6.07) is 1.58. The van der Waals surface area contributed by atoms with E-state index in [4.69, 9.17) is 9.84 Å². The molecular formula is C11H15FO3. The Hall–Kier alpha value is -1.29. The van der Waals surface area contributed by atoms with Gasteiger partial charge in [-0.05, 0) is 24.1 Å². The first-order valence-electron chi connectivity index (χ1n) is 4.69. The van der Waals surface area contributed by atoms with E-state index >= 15 is 0 Å². The van der Waals surface area contributed by atoms with Crippen LogP contribution in [0.25, 0.3) is 0 Å². The van der Waals surface area contributed by atoms with Gasteiger partial charge in [0, 0.05) is 12.5 Å². The monoisotopic (exact) mass is 214 g/mol. The number of rotatable bonds is 3. The summed E-state index contributed by atoms with van der Waals surface area (Å²) in [5.74, 6) is -1.42. The summed E-state index contributed by atoms with van der Waals surface area (Å²) in [6.07, 6.45) is 0. The fourth-order valence-electron chi connectivity index (χ4n) is 1.50. The molecule has 2 N–H and O–H groups in total. The second-order valence-electron chi connectivity index (χ2n) is 3.56. The van der Waals surface area contributed by atoms with Crippen molar-refractivity contribution in [3.05, 3.63) is 23.0 Å². The number of aliphatic hydroxyl groups excluding tert-OH is 1. The lowest BCUT2D eigenvalue weighted by molar-refractivity contribution is 0.268. The molecule has 1 aromatic carbocycles. The van der Waals surface area contributed by atoms with Gasteiger partial charge in [0.1, 0.15) is 0 Å². The molecule has 0 bridgehead atoms. The number of benzene rings is 1. The van der Waals surface area contributed by atoms with E-state index in [9.17, 15) is 9.50 Å². The van der Waals surface area contributed by atoms with Crippen molar-refractivity contribution in [1.29, 1.82) is 0 Å². The van der Waals surface area contributed by atoms with Crippen molar-refractivity contribution in [2.45, 2.75) is 19.8 Å². The number of halogens is 1. The average Bonchev–Trinajstić information content (AvgIpc) is 2.23. The quantitative estimate of drug-likeness (QED) is 0.808. The Labute approximate surface area is 88.1 Å². The SMILES string of the molecule is COc1c(C)cc(C(C)CO)c(F)c1O. The van der Waals surface area contributed by atoms with Gasteiger partial charge < -0.3 is 14.9 Å². The second-order valence-corrected chi connectivity index (χ2v) is 3.56. The van der Waals surface area contributed by atoms with Gasteiger partial charge in [-0.2, -0.15) is 0 Å². The summed E-state index contributed by atoms with van der Waals surface area (Å²) in [5, 5.41) is 18.5.